The minimum absolute atomic E-state index is 0.338. The third-order valence-corrected chi connectivity index (χ3v) is 1.54. The highest BCUT2D eigenvalue weighted by Gasteiger charge is 2.26. The Hall–Kier alpha value is -0.680. The summed E-state index contributed by atoms with van der Waals surface area (Å²) in [7, 11) is 1.87. The first-order chi connectivity index (χ1) is 4.70. The molecule has 0 aromatic carbocycles. The van der Waals surface area contributed by atoms with Gasteiger partial charge in [0.15, 0.2) is 0 Å². The van der Waals surface area contributed by atoms with Crippen molar-refractivity contribution in [3.05, 3.63) is 10.1 Å². The van der Waals surface area contributed by atoms with Crippen LogP contribution in [0.25, 0.3) is 0 Å². The van der Waals surface area contributed by atoms with Gasteiger partial charge in [0.1, 0.15) is 0 Å². The van der Waals surface area contributed by atoms with E-state index >= 15 is 0 Å². The summed E-state index contributed by atoms with van der Waals surface area (Å²) >= 11 is 0. The summed E-state index contributed by atoms with van der Waals surface area (Å²) in [6.45, 7) is 1.87. The van der Waals surface area contributed by atoms with Gasteiger partial charge in [-0.05, 0) is 7.05 Å². The van der Waals surface area contributed by atoms with E-state index in [2.05, 4.69) is 5.32 Å². The number of hydrogen-bond donors (Lipinski definition) is 0. The molecule has 0 amide bonds. The van der Waals surface area contributed by atoms with Crippen molar-refractivity contribution in [3.63, 3.8) is 0 Å². The molecular formula is C5H10N3O2. The molecule has 57 valence electrons. The standard InChI is InChI=1S/C5H10N3O2/c1-7-3-2-6-5(4-7)8(9)10/h5H,2-4H2,1H3. The molecule has 1 aliphatic rings. The van der Waals surface area contributed by atoms with Crippen molar-refractivity contribution >= 4 is 0 Å². The van der Waals surface area contributed by atoms with Crippen LogP contribution in [-0.2, 0) is 0 Å². The molecule has 1 atom stereocenters. The van der Waals surface area contributed by atoms with Crippen molar-refractivity contribution < 1.29 is 4.92 Å². The number of nitro groups is 1. The van der Waals surface area contributed by atoms with E-state index in [-0.39, 0.29) is 4.92 Å². The van der Waals surface area contributed by atoms with Crippen LogP contribution < -0.4 is 5.32 Å². The average Bonchev–Trinajstić information content (AvgIpc) is 1.88. The number of nitrogens with zero attached hydrogens (tertiary/aromatic N) is 3. The minimum Gasteiger partial charge on any atom is -0.297 e. The second kappa shape index (κ2) is 2.94. The Morgan fingerprint density at radius 3 is 2.90 bits per heavy atom. The van der Waals surface area contributed by atoms with Gasteiger partial charge in [-0.1, -0.05) is 0 Å². The summed E-state index contributed by atoms with van der Waals surface area (Å²) in [5.74, 6) is 0. The van der Waals surface area contributed by atoms with Gasteiger partial charge in [0, 0.05) is 18.0 Å². The lowest BCUT2D eigenvalue weighted by atomic mass is 10.3. The van der Waals surface area contributed by atoms with Crippen molar-refractivity contribution in [3.8, 4) is 0 Å². The summed E-state index contributed by atoms with van der Waals surface area (Å²) < 4.78 is 0. The van der Waals surface area contributed by atoms with Crippen molar-refractivity contribution in [2.75, 3.05) is 26.7 Å². The Balaban J connectivity index is 2.39. The van der Waals surface area contributed by atoms with Gasteiger partial charge in [0.25, 0.3) is 6.17 Å². The van der Waals surface area contributed by atoms with Crippen LogP contribution in [-0.4, -0.2) is 42.7 Å². The molecule has 0 saturated carbocycles. The summed E-state index contributed by atoms with van der Waals surface area (Å²) in [4.78, 5) is 11.8. The first kappa shape index (κ1) is 7.43. The van der Waals surface area contributed by atoms with Gasteiger partial charge >= 0.3 is 0 Å². The monoisotopic (exact) mass is 144 g/mol. The van der Waals surface area contributed by atoms with Gasteiger partial charge in [-0.15, -0.1) is 0 Å². The summed E-state index contributed by atoms with van der Waals surface area (Å²) in [6, 6.07) is 0. The van der Waals surface area contributed by atoms with Gasteiger partial charge in [-0.3, -0.25) is 15.0 Å². The molecule has 1 radical (unpaired) electrons. The third-order valence-electron chi connectivity index (χ3n) is 1.54. The Morgan fingerprint density at radius 1 is 1.80 bits per heavy atom. The molecule has 1 saturated heterocycles. The Morgan fingerprint density at radius 2 is 2.50 bits per heavy atom. The molecule has 0 N–H and O–H groups in total. The van der Waals surface area contributed by atoms with Gasteiger partial charge in [-0.25, -0.2) is 0 Å². The van der Waals surface area contributed by atoms with Gasteiger partial charge in [-0.2, -0.15) is 5.32 Å². The number of likely N-dealkylation sites (N-methyl/N-ethyl adjacent to an activating group) is 1. The van der Waals surface area contributed by atoms with E-state index in [9.17, 15) is 10.1 Å². The second-order valence-electron chi connectivity index (χ2n) is 2.43. The molecule has 1 unspecified atom stereocenters. The molecule has 1 aliphatic heterocycles. The maximum Gasteiger partial charge on any atom is 0.293 e. The smallest absolute Gasteiger partial charge is 0.293 e. The fraction of sp³-hybridized carbons (Fsp3) is 1.00. The van der Waals surface area contributed by atoms with Crippen molar-refractivity contribution in [2.24, 2.45) is 0 Å². The van der Waals surface area contributed by atoms with Crippen LogP contribution in [0.15, 0.2) is 0 Å². The van der Waals surface area contributed by atoms with E-state index in [0.29, 0.717) is 13.1 Å². The molecule has 5 nitrogen and oxygen atoms in total. The summed E-state index contributed by atoms with van der Waals surface area (Å²) in [5, 5.41) is 14.0. The predicted octanol–water partition coefficient (Wildman–Crippen LogP) is -0.861. The van der Waals surface area contributed by atoms with Crippen molar-refractivity contribution in [1.29, 1.82) is 0 Å². The highest BCUT2D eigenvalue weighted by atomic mass is 16.6. The molecule has 0 aromatic heterocycles. The normalized spacial score (nSPS) is 28.3. The molecular weight excluding hydrogens is 134 g/mol. The van der Waals surface area contributed by atoms with E-state index in [1.807, 2.05) is 11.9 Å². The van der Waals surface area contributed by atoms with Crippen LogP contribution in [0.4, 0.5) is 0 Å². The molecule has 5 heteroatoms. The number of piperazine rings is 1. The maximum absolute atomic E-state index is 10.2. The highest BCUT2D eigenvalue weighted by molar-refractivity contribution is 4.67. The van der Waals surface area contributed by atoms with Crippen LogP contribution in [0.2, 0.25) is 0 Å². The molecule has 1 rings (SSSR count). The van der Waals surface area contributed by atoms with Crippen LogP contribution in [0.5, 0.6) is 0 Å². The van der Waals surface area contributed by atoms with Gasteiger partial charge < -0.3 is 0 Å². The molecule has 10 heavy (non-hydrogen) atoms. The maximum atomic E-state index is 10.2. The summed E-state index contributed by atoms with van der Waals surface area (Å²) in [6.07, 6.45) is -0.696. The molecule has 0 spiro atoms. The molecule has 0 aliphatic carbocycles. The lowest BCUT2D eigenvalue weighted by Gasteiger charge is -2.23. The van der Waals surface area contributed by atoms with Gasteiger partial charge in [0.2, 0.25) is 0 Å². The SMILES string of the molecule is CN1CC[N]C([N+](=O)[O-])C1. The number of rotatable bonds is 1. The Kier molecular flexibility index (Phi) is 2.18. The first-order valence-electron chi connectivity index (χ1n) is 3.19. The molecule has 0 aromatic rings. The zero-order valence-corrected chi connectivity index (χ0v) is 5.86. The first-order valence-corrected chi connectivity index (χ1v) is 3.19. The quantitative estimate of drug-likeness (QED) is 0.355. The third kappa shape index (κ3) is 1.65. The molecule has 1 fully saturated rings. The van der Waals surface area contributed by atoms with Crippen LogP contribution in [0.3, 0.4) is 0 Å². The largest absolute Gasteiger partial charge is 0.297 e. The fourth-order valence-corrected chi connectivity index (χ4v) is 0.939. The summed E-state index contributed by atoms with van der Waals surface area (Å²) in [5.41, 5.74) is 0. The van der Waals surface area contributed by atoms with E-state index < -0.39 is 6.17 Å². The second-order valence-corrected chi connectivity index (χ2v) is 2.43. The van der Waals surface area contributed by atoms with Crippen LogP contribution in [0, 0.1) is 10.1 Å². The Labute approximate surface area is 59.2 Å². The fourth-order valence-electron chi connectivity index (χ4n) is 0.939. The predicted molar refractivity (Wildman–Crippen MR) is 35.3 cm³/mol. The van der Waals surface area contributed by atoms with E-state index in [1.54, 1.807) is 0 Å². The molecule has 0 bridgehead atoms. The van der Waals surface area contributed by atoms with Crippen molar-refractivity contribution in [1.82, 2.24) is 10.2 Å². The van der Waals surface area contributed by atoms with Crippen LogP contribution >= 0.6 is 0 Å². The minimum atomic E-state index is -0.696. The number of hydrogen-bond acceptors (Lipinski definition) is 3. The lowest BCUT2D eigenvalue weighted by Crippen LogP contribution is -2.48. The highest BCUT2D eigenvalue weighted by Crippen LogP contribution is 1.97. The zero-order valence-electron chi connectivity index (χ0n) is 5.86. The Bertz CT molecular complexity index is 139. The topological polar surface area (TPSA) is 60.5 Å². The zero-order chi connectivity index (χ0) is 7.56. The lowest BCUT2D eigenvalue weighted by molar-refractivity contribution is -0.532. The van der Waals surface area contributed by atoms with Gasteiger partial charge in [0.05, 0.1) is 6.54 Å². The molecule has 1 heterocycles. The van der Waals surface area contributed by atoms with E-state index in [1.165, 1.54) is 0 Å². The van der Waals surface area contributed by atoms with E-state index in [0.717, 1.165) is 6.54 Å². The van der Waals surface area contributed by atoms with E-state index in [4.69, 9.17) is 0 Å². The van der Waals surface area contributed by atoms with Crippen molar-refractivity contribution in [2.45, 2.75) is 6.17 Å². The van der Waals surface area contributed by atoms with Crippen LogP contribution in [0.1, 0.15) is 0 Å². The average molecular weight is 144 g/mol.